The molecule has 1 fully saturated rings. The van der Waals surface area contributed by atoms with E-state index in [4.69, 9.17) is 4.74 Å². The van der Waals surface area contributed by atoms with Crippen LogP contribution in [0.1, 0.15) is 57.1 Å². The highest BCUT2D eigenvalue weighted by atomic mass is 16.5. The van der Waals surface area contributed by atoms with Crippen molar-refractivity contribution in [2.45, 2.75) is 57.7 Å². The van der Waals surface area contributed by atoms with Gasteiger partial charge in [0.1, 0.15) is 5.75 Å². The standard InChI is InChI=1S/C15H22O2/c1-2-14(16)13-10-6-7-11-15(13)17-12-8-4-3-5-9-12/h6-7,10-12,14,16H,2-5,8-9H2,1H3/t14-/m1/s1. The summed E-state index contributed by atoms with van der Waals surface area (Å²) in [6.45, 7) is 1.99. The molecule has 1 aliphatic rings. The second-order valence-corrected chi connectivity index (χ2v) is 4.84. The quantitative estimate of drug-likeness (QED) is 0.857. The number of hydrogen-bond acceptors (Lipinski definition) is 2. The third-order valence-electron chi connectivity index (χ3n) is 3.51. The van der Waals surface area contributed by atoms with E-state index in [-0.39, 0.29) is 0 Å². The molecule has 0 heterocycles. The fraction of sp³-hybridized carbons (Fsp3) is 0.600. The molecular formula is C15H22O2. The van der Waals surface area contributed by atoms with Crippen molar-refractivity contribution in [1.82, 2.24) is 0 Å². The highest BCUT2D eigenvalue weighted by Crippen LogP contribution is 2.30. The first-order valence-corrected chi connectivity index (χ1v) is 6.75. The van der Waals surface area contributed by atoms with E-state index < -0.39 is 6.10 Å². The van der Waals surface area contributed by atoms with Crippen LogP contribution in [0.25, 0.3) is 0 Å². The van der Waals surface area contributed by atoms with Gasteiger partial charge >= 0.3 is 0 Å². The molecule has 2 rings (SSSR count). The molecule has 0 amide bonds. The molecular weight excluding hydrogens is 212 g/mol. The minimum atomic E-state index is -0.408. The fourth-order valence-corrected chi connectivity index (χ4v) is 2.45. The van der Waals surface area contributed by atoms with Gasteiger partial charge < -0.3 is 9.84 Å². The van der Waals surface area contributed by atoms with Crippen LogP contribution in [-0.2, 0) is 0 Å². The van der Waals surface area contributed by atoms with E-state index in [0.29, 0.717) is 6.10 Å². The van der Waals surface area contributed by atoms with Gasteiger partial charge in [-0.25, -0.2) is 0 Å². The summed E-state index contributed by atoms with van der Waals surface area (Å²) in [5, 5.41) is 9.96. The minimum Gasteiger partial charge on any atom is -0.490 e. The topological polar surface area (TPSA) is 29.5 Å². The molecule has 0 spiro atoms. The molecule has 1 atom stereocenters. The molecule has 17 heavy (non-hydrogen) atoms. The Morgan fingerprint density at radius 3 is 2.65 bits per heavy atom. The maximum absolute atomic E-state index is 9.96. The molecule has 1 aromatic rings. The van der Waals surface area contributed by atoms with Crippen molar-refractivity contribution in [2.75, 3.05) is 0 Å². The van der Waals surface area contributed by atoms with E-state index in [1.165, 1.54) is 19.3 Å². The van der Waals surface area contributed by atoms with Crippen molar-refractivity contribution in [3.05, 3.63) is 29.8 Å². The van der Waals surface area contributed by atoms with Gasteiger partial charge in [0.15, 0.2) is 0 Å². The number of ether oxygens (including phenoxy) is 1. The van der Waals surface area contributed by atoms with Crippen LogP contribution < -0.4 is 4.74 Å². The van der Waals surface area contributed by atoms with Crippen molar-refractivity contribution in [1.29, 1.82) is 0 Å². The summed E-state index contributed by atoms with van der Waals surface area (Å²) in [5.41, 5.74) is 0.931. The van der Waals surface area contributed by atoms with Gasteiger partial charge in [-0.15, -0.1) is 0 Å². The Balaban J connectivity index is 2.08. The molecule has 1 saturated carbocycles. The number of para-hydroxylation sites is 1. The molecule has 0 bridgehead atoms. The summed E-state index contributed by atoms with van der Waals surface area (Å²) in [7, 11) is 0. The third kappa shape index (κ3) is 3.22. The SMILES string of the molecule is CC[C@@H](O)c1ccccc1OC1CCCCC1. The summed E-state index contributed by atoms with van der Waals surface area (Å²) in [5.74, 6) is 0.869. The highest BCUT2D eigenvalue weighted by Gasteiger charge is 2.18. The maximum Gasteiger partial charge on any atom is 0.125 e. The number of benzene rings is 1. The van der Waals surface area contributed by atoms with Crippen LogP contribution in [0, 0.1) is 0 Å². The largest absolute Gasteiger partial charge is 0.490 e. The summed E-state index contributed by atoms with van der Waals surface area (Å²) in [6.07, 6.45) is 6.83. The summed E-state index contributed by atoms with van der Waals surface area (Å²) in [4.78, 5) is 0. The minimum absolute atomic E-state index is 0.342. The lowest BCUT2D eigenvalue weighted by Gasteiger charge is -2.25. The monoisotopic (exact) mass is 234 g/mol. The van der Waals surface area contributed by atoms with E-state index in [0.717, 1.165) is 30.6 Å². The zero-order valence-corrected chi connectivity index (χ0v) is 10.6. The second kappa shape index (κ2) is 6.06. The van der Waals surface area contributed by atoms with Crippen LogP contribution in [0.15, 0.2) is 24.3 Å². The first kappa shape index (κ1) is 12.4. The normalized spacial score (nSPS) is 18.9. The molecule has 94 valence electrons. The maximum atomic E-state index is 9.96. The van der Waals surface area contributed by atoms with Crippen molar-refractivity contribution < 1.29 is 9.84 Å². The van der Waals surface area contributed by atoms with Crippen LogP contribution in [0.2, 0.25) is 0 Å². The second-order valence-electron chi connectivity index (χ2n) is 4.84. The Kier molecular flexibility index (Phi) is 4.43. The Labute approximate surface area is 104 Å². The van der Waals surface area contributed by atoms with Crippen LogP contribution in [0.4, 0.5) is 0 Å². The molecule has 1 aliphatic carbocycles. The van der Waals surface area contributed by atoms with Crippen molar-refractivity contribution in [3.8, 4) is 5.75 Å². The molecule has 0 aliphatic heterocycles. The first-order chi connectivity index (χ1) is 8.31. The Morgan fingerprint density at radius 1 is 1.24 bits per heavy atom. The zero-order valence-electron chi connectivity index (χ0n) is 10.6. The van der Waals surface area contributed by atoms with E-state index in [1.807, 2.05) is 31.2 Å². The van der Waals surface area contributed by atoms with E-state index in [2.05, 4.69) is 0 Å². The molecule has 0 radical (unpaired) electrons. The average Bonchev–Trinajstić information content (AvgIpc) is 2.40. The molecule has 0 aromatic heterocycles. The van der Waals surface area contributed by atoms with Crippen molar-refractivity contribution >= 4 is 0 Å². The van der Waals surface area contributed by atoms with Gasteiger partial charge in [0, 0.05) is 5.56 Å². The number of aliphatic hydroxyl groups is 1. The predicted molar refractivity (Wildman–Crippen MR) is 69.2 cm³/mol. The van der Waals surface area contributed by atoms with Gasteiger partial charge in [0.2, 0.25) is 0 Å². The van der Waals surface area contributed by atoms with Gasteiger partial charge in [0.05, 0.1) is 12.2 Å². The molecule has 0 saturated heterocycles. The van der Waals surface area contributed by atoms with Gasteiger partial charge in [0.25, 0.3) is 0 Å². The van der Waals surface area contributed by atoms with Crippen LogP contribution in [-0.4, -0.2) is 11.2 Å². The predicted octanol–water partition coefficient (Wildman–Crippen LogP) is 3.84. The average molecular weight is 234 g/mol. The number of rotatable bonds is 4. The molecule has 1 N–H and O–H groups in total. The lowest BCUT2D eigenvalue weighted by molar-refractivity contribution is 0.135. The van der Waals surface area contributed by atoms with Crippen molar-refractivity contribution in [3.63, 3.8) is 0 Å². The third-order valence-corrected chi connectivity index (χ3v) is 3.51. The first-order valence-electron chi connectivity index (χ1n) is 6.75. The van der Waals surface area contributed by atoms with E-state index in [1.54, 1.807) is 0 Å². The van der Waals surface area contributed by atoms with E-state index in [9.17, 15) is 5.11 Å². The summed E-state index contributed by atoms with van der Waals surface area (Å²) in [6, 6.07) is 7.88. The van der Waals surface area contributed by atoms with Gasteiger partial charge in [-0.05, 0) is 38.2 Å². The van der Waals surface area contributed by atoms with Gasteiger partial charge in [-0.3, -0.25) is 0 Å². The van der Waals surface area contributed by atoms with Gasteiger partial charge in [-0.2, -0.15) is 0 Å². The Bertz CT molecular complexity index is 343. The molecule has 0 unspecified atom stereocenters. The Morgan fingerprint density at radius 2 is 1.94 bits per heavy atom. The van der Waals surface area contributed by atoms with Crippen LogP contribution in [0.3, 0.4) is 0 Å². The highest BCUT2D eigenvalue weighted by molar-refractivity contribution is 5.35. The Hall–Kier alpha value is -1.02. The summed E-state index contributed by atoms with van der Waals surface area (Å²) >= 11 is 0. The van der Waals surface area contributed by atoms with Gasteiger partial charge in [-0.1, -0.05) is 31.5 Å². The van der Waals surface area contributed by atoms with Crippen molar-refractivity contribution in [2.24, 2.45) is 0 Å². The van der Waals surface area contributed by atoms with Crippen LogP contribution in [0.5, 0.6) is 5.75 Å². The van der Waals surface area contributed by atoms with E-state index >= 15 is 0 Å². The smallest absolute Gasteiger partial charge is 0.125 e. The molecule has 2 nitrogen and oxygen atoms in total. The lowest BCUT2D eigenvalue weighted by Crippen LogP contribution is -2.20. The molecule has 2 heteroatoms. The molecule has 1 aromatic carbocycles. The lowest BCUT2D eigenvalue weighted by atomic mass is 9.97. The number of hydrogen-bond donors (Lipinski definition) is 1. The fourth-order valence-electron chi connectivity index (χ4n) is 2.45. The van der Waals surface area contributed by atoms with Crippen LogP contribution >= 0.6 is 0 Å². The zero-order chi connectivity index (χ0) is 12.1. The summed E-state index contributed by atoms with van der Waals surface area (Å²) < 4.78 is 6.05. The number of aliphatic hydroxyl groups excluding tert-OH is 1.